The first-order chi connectivity index (χ1) is 11.6. The van der Waals surface area contributed by atoms with Gasteiger partial charge >= 0.3 is 0 Å². The number of aromatic nitrogens is 2. The van der Waals surface area contributed by atoms with Gasteiger partial charge in [0.1, 0.15) is 5.82 Å². The molecule has 2 aromatic carbocycles. The van der Waals surface area contributed by atoms with Crippen molar-refractivity contribution < 1.29 is 0 Å². The molecule has 1 heterocycles. The molecule has 0 amide bonds. The van der Waals surface area contributed by atoms with Crippen molar-refractivity contribution in [2.24, 2.45) is 0 Å². The number of benzene rings is 2. The largest absolute Gasteiger partial charge is 0.357 e. The maximum Gasteiger partial charge on any atom is 0.224 e. The Morgan fingerprint density at radius 3 is 2.42 bits per heavy atom. The highest BCUT2D eigenvalue weighted by Crippen LogP contribution is 2.30. The number of nitrogens with zero attached hydrogens (tertiary/aromatic N) is 2. The Kier molecular flexibility index (Phi) is 4.67. The van der Waals surface area contributed by atoms with Crippen LogP contribution >= 0.6 is 11.6 Å². The molecule has 0 radical (unpaired) electrons. The average molecular weight is 339 g/mol. The molecule has 1 aromatic heterocycles. The summed E-state index contributed by atoms with van der Waals surface area (Å²) in [5.41, 5.74) is 4.99. The van der Waals surface area contributed by atoms with Gasteiger partial charge in [0.2, 0.25) is 5.95 Å². The fraction of sp³-hybridized carbons (Fsp3) is 0.158. The minimum atomic E-state index is 0.566. The summed E-state index contributed by atoms with van der Waals surface area (Å²) in [4.78, 5) is 9.05. The predicted octanol–water partition coefficient (Wildman–Crippen LogP) is 5.20. The Morgan fingerprint density at radius 1 is 0.958 bits per heavy atom. The molecule has 0 saturated heterocycles. The van der Waals surface area contributed by atoms with Crippen LogP contribution in [0.25, 0.3) is 11.3 Å². The van der Waals surface area contributed by atoms with Crippen molar-refractivity contribution in [3.05, 3.63) is 64.7 Å². The van der Waals surface area contributed by atoms with Gasteiger partial charge in [-0.2, -0.15) is 4.98 Å². The molecule has 2 N–H and O–H groups in total. The lowest BCUT2D eigenvalue weighted by atomic mass is 10.1. The highest BCUT2D eigenvalue weighted by atomic mass is 35.5. The second kappa shape index (κ2) is 6.89. The van der Waals surface area contributed by atoms with E-state index in [0.717, 1.165) is 38.9 Å². The minimum absolute atomic E-state index is 0.566. The normalized spacial score (nSPS) is 10.5. The Balaban J connectivity index is 2.04. The third kappa shape index (κ3) is 3.34. The molecule has 0 aliphatic heterocycles. The topological polar surface area (TPSA) is 49.8 Å². The Bertz CT molecular complexity index is 863. The van der Waals surface area contributed by atoms with E-state index in [4.69, 9.17) is 11.6 Å². The second-order valence-corrected chi connectivity index (χ2v) is 5.97. The maximum absolute atomic E-state index is 6.25. The first kappa shape index (κ1) is 16.3. The van der Waals surface area contributed by atoms with E-state index < -0.39 is 0 Å². The predicted molar refractivity (Wildman–Crippen MR) is 101 cm³/mol. The van der Waals surface area contributed by atoms with E-state index in [-0.39, 0.29) is 0 Å². The Morgan fingerprint density at radius 2 is 1.71 bits per heavy atom. The van der Waals surface area contributed by atoms with Gasteiger partial charge in [-0.25, -0.2) is 4.98 Å². The monoisotopic (exact) mass is 338 g/mol. The quantitative estimate of drug-likeness (QED) is 0.686. The van der Waals surface area contributed by atoms with Gasteiger partial charge in [-0.05, 0) is 31.0 Å². The van der Waals surface area contributed by atoms with E-state index in [1.165, 1.54) is 0 Å². The number of anilines is 3. The van der Waals surface area contributed by atoms with E-state index in [1.807, 2.05) is 69.4 Å². The summed E-state index contributed by atoms with van der Waals surface area (Å²) in [5, 5.41) is 7.14. The van der Waals surface area contributed by atoms with Crippen LogP contribution in [0.2, 0.25) is 5.02 Å². The molecular weight excluding hydrogens is 320 g/mol. The van der Waals surface area contributed by atoms with E-state index in [0.29, 0.717) is 5.95 Å². The zero-order valence-electron chi connectivity index (χ0n) is 13.9. The van der Waals surface area contributed by atoms with Crippen molar-refractivity contribution in [3.8, 4) is 11.3 Å². The number of rotatable bonds is 4. The van der Waals surface area contributed by atoms with Crippen molar-refractivity contribution in [1.82, 2.24) is 9.97 Å². The second-order valence-electron chi connectivity index (χ2n) is 5.57. The number of nitrogens with one attached hydrogen (secondary N) is 2. The molecule has 0 unspecified atom stereocenters. The lowest BCUT2D eigenvalue weighted by molar-refractivity contribution is 1.15. The van der Waals surface area contributed by atoms with Crippen LogP contribution in [0.3, 0.4) is 0 Å². The van der Waals surface area contributed by atoms with Crippen LogP contribution in [0, 0.1) is 13.8 Å². The smallest absolute Gasteiger partial charge is 0.224 e. The first-order valence-electron chi connectivity index (χ1n) is 7.73. The van der Waals surface area contributed by atoms with Crippen LogP contribution < -0.4 is 10.6 Å². The number of hydrogen-bond donors (Lipinski definition) is 2. The summed E-state index contributed by atoms with van der Waals surface area (Å²) in [6.45, 7) is 4.04. The zero-order chi connectivity index (χ0) is 17.1. The van der Waals surface area contributed by atoms with E-state index >= 15 is 0 Å². The van der Waals surface area contributed by atoms with E-state index in [9.17, 15) is 0 Å². The van der Waals surface area contributed by atoms with Gasteiger partial charge < -0.3 is 10.6 Å². The SMILES string of the molecule is CNc1nc(Nc2c(C)ccc(Cl)c2C)cc(-c2ccccc2)n1. The van der Waals surface area contributed by atoms with Crippen LogP contribution in [0.4, 0.5) is 17.5 Å². The summed E-state index contributed by atoms with van der Waals surface area (Å²) in [6, 6.07) is 15.9. The Labute approximate surface area is 146 Å². The van der Waals surface area contributed by atoms with Crippen LogP contribution in [-0.4, -0.2) is 17.0 Å². The molecule has 5 heteroatoms. The van der Waals surface area contributed by atoms with Gasteiger partial charge in [0.15, 0.2) is 0 Å². The van der Waals surface area contributed by atoms with Gasteiger partial charge in [0.05, 0.1) is 5.69 Å². The van der Waals surface area contributed by atoms with Gasteiger partial charge in [-0.3, -0.25) is 0 Å². The summed E-state index contributed by atoms with van der Waals surface area (Å²) in [7, 11) is 1.81. The molecule has 4 nitrogen and oxygen atoms in total. The highest BCUT2D eigenvalue weighted by molar-refractivity contribution is 6.31. The third-order valence-corrected chi connectivity index (χ3v) is 4.29. The Hall–Kier alpha value is -2.59. The maximum atomic E-state index is 6.25. The van der Waals surface area contributed by atoms with Crippen LogP contribution in [0.1, 0.15) is 11.1 Å². The molecule has 0 fully saturated rings. The van der Waals surface area contributed by atoms with Crippen molar-refractivity contribution in [2.75, 3.05) is 17.7 Å². The van der Waals surface area contributed by atoms with Gasteiger partial charge in [0.25, 0.3) is 0 Å². The lowest BCUT2D eigenvalue weighted by Crippen LogP contribution is -2.04. The standard InChI is InChI=1S/C19H19ClN4/c1-12-9-10-15(20)13(2)18(12)23-17-11-16(22-19(21-3)24-17)14-7-5-4-6-8-14/h4-11H,1-3H3,(H2,21,22,23,24). The molecule has 3 aromatic rings. The average Bonchev–Trinajstić information content (AvgIpc) is 2.62. The summed E-state index contributed by atoms with van der Waals surface area (Å²) >= 11 is 6.25. The highest BCUT2D eigenvalue weighted by Gasteiger charge is 2.10. The van der Waals surface area contributed by atoms with Crippen molar-refractivity contribution in [2.45, 2.75) is 13.8 Å². The molecule has 0 atom stereocenters. The van der Waals surface area contributed by atoms with Crippen molar-refractivity contribution >= 4 is 29.1 Å². The molecule has 0 aliphatic carbocycles. The molecule has 0 spiro atoms. The summed E-state index contributed by atoms with van der Waals surface area (Å²) in [5.74, 6) is 1.29. The van der Waals surface area contributed by atoms with Gasteiger partial charge in [-0.1, -0.05) is 48.0 Å². The molecule has 3 rings (SSSR count). The molecular formula is C19H19ClN4. The van der Waals surface area contributed by atoms with Crippen LogP contribution in [0.5, 0.6) is 0 Å². The van der Waals surface area contributed by atoms with E-state index in [1.54, 1.807) is 0 Å². The van der Waals surface area contributed by atoms with Gasteiger partial charge in [-0.15, -0.1) is 0 Å². The van der Waals surface area contributed by atoms with Gasteiger partial charge in [0, 0.05) is 29.4 Å². The molecule has 0 saturated carbocycles. The molecule has 122 valence electrons. The number of hydrogen-bond acceptors (Lipinski definition) is 4. The molecule has 24 heavy (non-hydrogen) atoms. The van der Waals surface area contributed by atoms with Crippen molar-refractivity contribution in [3.63, 3.8) is 0 Å². The first-order valence-corrected chi connectivity index (χ1v) is 8.11. The number of halogens is 1. The summed E-state index contributed by atoms with van der Waals surface area (Å²) in [6.07, 6.45) is 0. The third-order valence-electron chi connectivity index (χ3n) is 3.88. The lowest BCUT2D eigenvalue weighted by Gasteiger charge is -2.15. The van der Waals surface area contributed by atoms with E-state index in [2.05, 4.69) is 20.6 Å². The van der Waals surface area contributed by atoms with Crippen LogP contribution in [-0.2, 0) is 0 Å². The fourth-order valence-corrected chi connectivity index (χ4v) is 2.68. The zero-order valence-corrected chi connectivity index (χ0v) is 14.6. The fourth-order valence-electron chi connectivity index (χ4n) is 2.52. The molecule has 0 bridgehead atoms. The minimum Gasteiger partial charge on any atom is -0.357 e. The number of aryl methyl sites for hydroxylation is 1. The summed E-state index contributed by atoms with van der Waals surface area (Å²) < 4.78 is 0. The van der Waals surface area contributed by atoms with Crippen LogP contribution in [0.15, 0.2) is 48.5 Å². The molecule has 0 aliphatic rings. The van der Waals surface area contributed by atoms with Crippen molar-refractivity contribution in [1.29, 1.82) is 0 Å².